The van der Waals surface area contributed by atoms with Crippen LogP contribution in [0.1, 0.15) is 36.4 Å². The standard InChI is InChI=1S/C25H25FN4S/c26-24-14-18(5-9-29-24)21-13-19(15-30-25(21)27)17-3-4-20(16-6-10-31-11-7-16)22(12-17)23-2-1-8-28-23/h3-6,9,12-15,23,28H,1-2,7-8,10-11H2,(H2,27,30). The number of pyridine rings is 2. The van der Waals surface area contributed by atoms with Crippen LogP contribution in [0.5, 0.6) is 0 Å². The maximum absolute atomic E-state index is 13.7. The second-order valence-corrected chi connectivity index (χ2v) is 9.18. The van der Waals surface area contributed by atoms with Crippen molar-refractivity contribution in [2.75, 3.05) is 23.8 Å². The maximum atomic E-state index is 13.7. The molecule has 0 aliphatic carbocycles. The summed E-state index contributed by atoms with van der Waals surface area (Å²) in [7, 11) is 0. The summed E-state index contributed by atoms with van der Waals surface area (Å²) in [6, 6.07) is 12.2. The quantitative estimate of drug-likeness (QED) is 0.535. The number of allylic oxidation sites excluding steroid dienone is 1. The second-order valence-electron chi connectivity index (χ2n) is 8.03. The number of nitrogens with zero attached hydrogens (tertiary/aromatic N) is 2. The topological polar surface area (TPSA) is 63.8 Å². The van der Waals surface area contributed by atoms with Gasteiger partial charge in [-0.15, -0.1) is 0 Å². The number of hydrogen-bond acceptors (Lipinski definition) is 5. The largest absolute Gasteiger partial charge is 0.383 e. The Morgan fingerprint density at radius 2 is 1.97 bits per heavy atom. The van der Waals surface area contributed by atoms with Gasteiger partial charge in [-0.3, -0.25) is 0 Å². The molecule has 0 amide bonds. The number of nitrogens with two attached hydrogens (primary N) is 1. The molecule has 2 aliphatic rings. The summed E-state index contributed by atoms with van der Waals surface area (Å²) in [6.07, 6.45) is 9.09. The van der Waals surface area contributed by atoms with Gasteiger partial charge in [0.1, 0.15) is 5.82 Å². The molecule has 1 unspecified atom stereocenters. The van der Waals surface area contributed by atoms with E-state index in [2.05, 4.69) is 39.6 Å². The molecule has 1 aromatic carbocycles. The van der Waals surface area contributed by atoms with Crippen LogP contribution in [0.15, 0.2) is 54.9 Å². The van der Waals surface area contributed by atoms with E-state index in [-0.39, 0.29) is 0 Å². The Bertz CT molecular complexity index is 1140. The van der Waals surface area contributed by atoms with Gasteiger partial charge in [-0.2, -0.15) is 16.2 Å². The van der Waals surface area contributed by atoms with Crippen molar-refractivity contribution in [3.05, 3.63) is 71.9 Å². The molecule has 0 bridgehead atoms. The molecule has 0 spiro atoms. The first-order valence-corrected chi connectivity index (χ1v) is 11.9. The van der Waals surface area contributed by atoms with Crippen molar-refractivity contribution in [1.82, 2.24) is 15.3 Å². The van der Waals surface area contributed by atoms with Gasteiger partial charge in [-0.05, 0) is 77.6 Å². The van der Waals surface area contributed by atoms with Gasteiger partial charge < -0.3 is 11.1 Å². The molecule has 1 saturated heterocycles. The molecule has 158 valence electrons. The monoisotopic (exact) mass is 432 g/mol. The molecule has 0 radical (unpaired) electrons. The van der Waals surface area contributed by atoms with Gasteiger partial charge >= 0.3 is 0 Å². The van der Waals surface area contributed by atoms with Crippen molar-refractivity contribution in [3.8, 4) is 22.3 Å². The Morgan fingerprint density at radius 1 is 1.03 bits per heavy atom. The predicted molar refractivity (Wildman–Crippen MR) is 127 cm³/mol. The number of anilines is 1. The summed E-state index contributed by atoms with van der Waals surface area (Å²) in [5.41, 5.74) is 13.8. The van der Waals surface area contributed by atoms with Crippen molar-refractivity contribution in [2.24, 2.45) is 0 Å². The van der Waals surface area contributed by atoms with Crippen LogP contribution in [0.3, 0.4) is 0 Å². The Balaban J connectivity index is 1.58. The predicted octanol–water partition coefficient (Wildman–Crippen LogP) is 5.48. The lowest BCUT2D eigenvalue weighted by Gasteiger charge is -2.21. The minimum absolute atomic E-state index is 0.376. The van der Waals surface area contributed by atoms with Gasteiger partial charge in [0.15, 0.2) is 0 Å². The molecule has 3 aromatic rings. The van der Waals surface area contributed by atoms with Crippen LogP contribution in [0.2, 0.25) is 0 Å². The Hall–Kier alpha value is -2.70. The van der Waals surface area contributed by atoms with E-state index in [1.54, 1.807) is 12.3 Å². The van der Waals surface area contributed by atoms with Crippen LogP contribution in [0.4, 0.5) is 10.2 Å². The highest BCUT2D eigenvalue weighted by atomic mass is 32.2. The van der Waals surface area contributed by atoms with Crippen molar-refractivity contribution in [2.45, 2.75) is 25.3 Å². The first kappa shape index (κ1) is 20.2. The third-order valence-electron chi connectivity index (χ3n) is 6.09. The molecule has 2 aliphatic heterocycles. The lowest BCUT2D eigenvalue weighted by Crippen LogP contribution is -2.15. The summed E-state index contributed by atoms with van der Waals surface area (Å²) in [5, 5.41) is 3.67. The van der Waals surface area contributed by atoms with Gasteiger partial charge in [0.25, 0.3) is 0 Å². The zero-order chi connectivity index (χ0) is 21.2. The van der Waals surface area contributed by atoms with Crippen molar-refractivity contribution in [3.63, 3.8) is 0 Å². The van der Waals surface area contributed by atoms with Crippen LogP contribution in [-0.2, 0) is 0 Å². The first-order valence-electron chi connectivity index (χ1n) is 10.7. The van der Waals surface area contributed by atoms with E-state index >= 15 is 0 Å². The molecular formula is C25H25FN4S. The van der Waals surface area contributed by atoms with Crippen LogP contribution >= 0.6 is 11.8 Å². The lowest BCUT2D eigenvalue weighted by atomic mass is 9.89. The van der Waals surface area contributed by atoms with Gasteiger partial charge in [-0.25, -0.2) is 9.97 Å². The van der Waals surface area contributed by atoms with E-state index in [0.29, 0.717) is 17.4 Å². The number of rotatable bonds is 4. The normalized spacial score (nSPS) is 18.7. The number of halogens is 1. The van der Waals surface area contributed by atoms with Crippen molar-refractivity contribution >= 4 is 23.2 Å². The first-order chi connectivity index (χ1) is 15.2. The molecule has 6 heteroatoms. The number of thioether (sulfide) groups is 1. The maximum Gasteiger partial charge on any atom is 0.213 e. The number of nitrogen functional groups attached to an aromatic ring is 1. The third kappa shape index (κ3) is 4.23. The average Bonchev–Trinajstić information content (AvgIpc) is 3.35. The fraction of sp³-hybridized carbons (Fsp3) is 0.280. The fourth-order valence-corrected chi connectivity index (χ4v) is 5.33. The molecule has 4 nitrogen and oxygen atoms in total. The molecule has 2 aromatic heterocycles. The third-order valence-corrected chi connectivity index (χ3v) is 6.98. The van der Waals surface area contributed by atoms with Crippen LogP contribution in [0.25, 0.3) is 27.8 Å². The summed E-state index contributed by atoms with van der Waals surface area (Å²) >= 11 is 1.99. The summed E-state index contributed by atoms with van der Waals surface area (Å²) in [4.78, 5) is 8.05. The van der Waals surface area contributed by atoms with Gasteiger partial charge in [0, 0.05) is 41.4 Å². The zero-order valence-electron chi connectivity index (χ0n) is 17.3. The molecule has 31 heavy (non-hydrogen) atoms. The number of nitrogens with one attached hydrogen (secondary N) is 1. The SMILES string of the molecule is Nc1ncc(-c2ccc(C3=CCSCC3)c(C3CCCN3)c2)cc1-c1ccnc(F)c1. The number of benzene rings is 1. The molecule has 0 saturated carbocycles. The van der Waals surface area contributed by atoms with E-state index in [1.165, 1.54) is 41.1 Å². The minimum Gasteiger partial charge on any atom is -0.383 e. The van der Waals surface area contributed by atoms with Crippen LogP contribution in [-0.4, -0.2) is 28.0 Å². The van der Waals surface area contributed by atoms with E-state index < -0.39 is 5.95 Å². The van der Waals surface area contributed by atoms with E-state index in [0.717, 1.165) is 41.8 Å². The summed E-state index contributed by atoms with van der Waals surface area (Å²) in [5.74, 6) is 2.12. The molecule has 1 fully saturated rings. The molecule has 4 heterocycles. The number of hydrogen-bond donors (Lipinski definition) is 2. The highest BCUT2D eigenvalue weighted by Gasteiger charge is 2.22. The molecular weight excluding hydrogens is 407 g/mol. The van der Waals surface area contributed by atoms with Gasteiger partial charge in [0.2, 0.25) is 5.95 Å². The van der Waals surface area contributed by atoms with Crippen molar-refractivity contribution < 1.29 is 4.39 Å². The Labute approximate surface area is 186 Å². The summed E-state index contributed by atoms with van der Waals surface area (Å²) < 4.78 is 13.7. The fourth-order valence-electron chi connectivity index (χ4n) is 4.48. The molecule has 1 atom stereocenters. The second kappa shape index (κ2) is 8.81. The van der Waals surface area contributed by atoms with E-state index in [1.807, 2.05) is 17.8 Å². The lowest BCUT2D eigenvalue weighted by molar-refractivity contribution is 0.584. The highest BCUT2D eigenvalue weighted by Crippen LogP contribution is 2.37. The Kier molecular flexibility index (Phi) is 5.74. The minimum atomic E-state index is -0.528. The molecule has 5 rings (SSSR count). The van der Waals surface area contributed by atoms with Crippen molar-refractivity contribution in [1.29, 1.82) is 0 Å². The zero-order valence-corrected chi connectivity index (χ0v) is 18.1. The molecule has 3 N–H and O–H groups in total. The van der Waals surface area contributed by atoms with E-state index in [9.17, 15) is 4.39 Å². The van der Waals surface area contributed by atoms with Gasteiger partial charge in [-0.1, -0.05) is 18.2 Å². The van der Waals surface area contributed by atoms with Gasteiger partial charge in [0.05, 0.1) is 0 Å². The number of aromatic nitrogens is 2. The van der Waals surface area contributed by atoms with E-state index in [4.69, 9.17) is 5.73 Å². The summed E-state index contributed by atoms with van der Waals surface area (Å²) in [6.45, 7) is 1.06. The smallest absolute Gasteiger partial charge is 0.213 e. The van der Waals surface area contributed by atoms with Crippen LogP contribution < -0.4 is 11.1 Å². The average molecular weight is 433 g/mol. The highest BCUT2D eigenvalue weighted by molar-refractivity contribution is 7.99. The Morgan fingerprint density at radius 3 is 2.74 bits per heavy atom. The van der Waals surface area contributed by atoms with Crippen LogP contribution in [0, 0.1) is 5.95 Å².